The molecule has 2 rings (SSSR count). The Hall–Kier alpha value is -0.450. The number of rotatable bonds is 3. The molecule has 0 N–H and O–H groups in total. The predicted molar refractivity (Wildman–Crippen MR) is 57.4 cm³/mol. The van der Waals surface area contributed by atoms with Crippen molar-refractivity contribution in [3.05, 3.63) is 16.6 Å². The number of piperidine rings is 1. The first kappa shape index (κ1) is 10.1. The van der Waals surface area contributed by atoms with Crippen molar-refractivity contribution in [3.63, 3.8) is 0 Å². The molecule has 0 aliphatic carbocycles. The van der Waals surface area contributed by atoms with Crippen molar-refractivity contribution in [3.8, 4) is 0 Å². The summed E-state index contributed by atoms with van der Waals surface area (Å²) in [5.41, 5.74) is 3.10. The van der Waals surface area contributed by atoms with Gasteiger partial charge in [0.1, 0.15) is 0 Å². The zero-order valence-corrected chi connectivity index (χ0v) is 9.30. The van der Waals surface area contributed by atoms with Gasteiger partial charge in [0.05, 0.1) is 17.3 Å². The van der Waals surface area contributed by atoms with Gasteiger partial charge in [0.15, 0.2) is 0 Å². The van der Waals surface area contributed by atoms with Gasteiger partial charge in [0.2, 0.25) is 0 Å². The third kappa shape index (κ3) is 2.53. The highest BCUT2D eigenvalue weighted by Crippen LogP contribution is 2.15. The molecule has 3 nitrogen and oxygen atoms in total. The summed E-state index contributed by atoms with van der Waals surface area (Å²) < 4.78 is 5.33. The molecule has 0 spiro atoms. The van der Waals surface area contributed by atoms with E-state index in [1.54, 1.807) is 18.4 Å². The molecule has 0 radical (unpaired) electrons. The van der Waals surface area contributed by atoms with E-state index in [0.717, 1.165) is 32.5 Å². The van der Waals surface area contributed by atoms with Gasteiger partial charge in [-0.1, -0.05) is 0 Å². The van der Waals surface area contributed by atoms with Crippen LogP contribution >= 0.6 is 11.3 Å². The fraction of sp³-hybridized carbons (Fsp3) is 0.700. The zero-order valence-electron chi connectivity index (χ0n) is 8.48. The Balaban J connectivity index is 1.79. The molecule has 0 unspecified atom stereocenters. The summed E-state index contributed by atoms with van der Waals surface area (Å²) in [5.74, 6) is 0. The van der Waals surface area contributed by atoms with Gasteiger partial charge in [-0.05, 0) is 12.8 Å². The molecule has 0 atom stereocenters. The Morgan fingerprint density at radius 3 is 2.93 bits per heavy atom. The Morgan fingerprint density at radius 2 is 2.36 bits per heavy atom. The summed E-state index contributed by atoms with van der Waals surface area (Å²) in [4.78, 5) is 6.74. The third-order valence-electron chi connectivity index (χ3n) is 2.74. The average Bonchev–Trinajstić information content (AvgIpc) is 2.72. The van der Waals surface area contributed by atoms with Gasteiger partial charge >= 0.3 is 0 Å². The molecule has 2 heterocycles. The van der Waals surface area contributed by atoms with Gasteiger partial charge in [-0.25, -0.2) is 4.98 Å². The zero-order chi connectivity index (χ0) is 9.80. The second kappa shape index (κ2) is 4.87. The standard InChI is InChI=1S/C10H16N2OS/c1-13-10-2-4-12(5-3-10)6-9-7-14-8-11-9/h7-8,10H,2-6H2,1H3. The van der Waals surface area contributed by atoms with Crippen molar-refractivity contribution in [2.45, 2.75) is 25.5 Å². The Bertz CT molecular complexity index is 255. The summed E-state index contributed by atoms with van der Waals surface area (Å²) in [6.45, 7) is 3.27. The van der Waals surface area contributed by atoms with Crippen LogP contribution < -0.4 is 0 Å². The maximum Gasteiger partial charge on any atom is 0.0795 e. The second-order valence-corrected chi connectivity index (χ2v) is 4.41. The van der Waals surface area contributed by atoms with E-state index in [9.17, 15) is 0 Å². The van der Waals surface area contributed by atoms with Crippen molar-refractivity contribution in [2.24, 2.45) is 0 Å². The van der Waals surface area contributed by atoms with Crippen molar-refractivity contribution in [1.82, 2.24) is 9.88 Å². The van der Waals surface area contributed by atoms with Crippen LogP contribution in [0.2, 0.25) is 0 Å². The van der Waals surface area contributed by atoms with Crippen LogP contribution in [0.1, 0.15) is 18.5 Å². The Kier molecular flexibility index (Phi) is 3.50. The lowest BCUT2D eigenvalue weighted by Crippen LogP contribution is -2.36. The number of hydrogen-bond acceptors (Lipinski definition) is 4. The van der Waals surface area contributed by atoms with E-state index in [0.29, 0.717) is 6.10 Å². The number of thiazole rings is 1. The topological polar surface area (TPSA) is 25.4 Å². The fourth-order valence-corrected chi connectivity index (χ4v) is 2.40. The van der Waals surface area contributed by atoms with Gasteiger partial charge in [-0.15, -0.1) is 11.3 Å². The lowest BCUT2D eigenvalue weighted by atomic mass is 10.1. The molecule has 0 saturated carbocycles. The Labute approximate surface area is 88.7 Å². The van der Waals surface area contributed by atoms with Crippen molar-refractivity contribution in [2.75, 3.05) is 20.2 Å². The van der Waals surface area contributed by atoms with E-state index in [1.807, 2.05) is 5.51 Å². The first-order chi connectivity index (χ1) is 6.88. The molecule has 1 fully saturated rings. The number of hydrogen-bond donors (Lipinski definition) is 0. The van der Waals surface area contributed by atoms with E-state index in [4.69, 9.17) is 4.74 Å². The molecule has 0 amide bonds. The van der Waals surface area contributed by atoms with Crippen LogP contribution in [0.15, 0.2) is 10.9 Å². The van der Waals surface area contributed by atoms with E-state index >= 15 is 0 Å². The SMILES string of the molecule is COC1CCN(Cc2cscn2)CC1. The summed E-state index contributed by atoms with van der Waals surface area (Å²) in [6.07, 6.45) is 2.78. The van der Waals surface area contributed by atoms with Crippen molar-refractivity contribution < 1.29 is 4.74 Å². The maximum atomic E-state index is 5.33. The first-order valence-electron chi connectivity index (χ1n) is 5.00. The number of nitrogens with zero attached hydrogens (tertiary/aromatic N) is 2. The van der Waals surface area contributed by atoms with Crippen LogP contribution in [0.25, 0.3) is 0 Å². The molecule has 0 bridgehead atoms. The smallest absolute Gasteiger partial charge is 0.0795 e. The predicted octanol–water partition coefficient (Wildman–Crippen LogP) is 1.75. The van der Waals surface area contributed by atoms with Crippen LogP contribution in [-0.2, 0) is 11.3 Å². The summed E-state index contributed by atoms with van der Waals surface area (Å²) >= 11 is 1.67. The molecule has 0 aromatic carbocycles. The summed E-state index contributed by atoms with van der Waals surface area (Å²) in [5, 5.41) is 2.13. The van der Waals surface area contributed by atoms with E-state index < -0.39 is 0 Å². The minimum absolute atomic E-state index is 0.474. The molecule has 4 heteroatoms. The highest BCUT2D eigenvalue weighted by molar-refractivity contribution is 7.07. The monoisotopic (exact) mass is 212 g/mol. The van der Waals surface area contributed by atoms with Gasteiger partial charge < -0.3 is 4.74 Å². The average molecular weight is 212 g/mol. The summed E-state index contributed by atoms with van der Waals surface area (Å²) in [7, 11) is 1.81. The maximum absolute atomic E-state index is 5.33. The molecule has 1 aliphatic heterocycles. The van der Waals surface area contributed by atoms with E-state index in [1.165, 1.54) is 5.69 Å². The quantitative estimate of drug-likeness (QED) is 0.763. The van der Waals surface area contributed by atoms with Gasteiger partial charge in [0, 0.05) is 32.1 Å². The molecule has 1 aromatic rings. The van der Waals surface area contributed by atoms with Crippen LogP contribution in [0.3, 0.4) is 0 Å². The Morgan fingerprint density at radius 1 is 1.57 bits per heavy atom. The number of likely N-dealkylation sites (tertiary alicyclic amines) is 1. The molecule has 1 aliphatic rings. The van der Waals surface area contributed by atoms with Gasteiger partial charge in [-0.2, -0.15) is 0 Å². The van der Waals surface area contributed by atoms with Crippen molar-refractivity contribution >= 4 is 11.3 Å². The van der Waals surface area contributed by atoms with Crippen LogP contribution in [0.4, 0.5) is 0 Å². The largest absolute Gasteiger partial charge is 0.381 e. The van der Waals surface area contributed by atoms with Crippen molar-refractivity contribution in [1.29, 1.82) is 0 Å². The first-order valence-corrected chi connectivity index (χ1v) is 5.95. The number of methoxy groups -OCH3 is 1. The summed E-state index contributed by atoms with van der Waals surface area (Å²) in [6, 6.07) is 0. The van der Waals surface area contributed by atoms with Crippen LogP contribution in [0.5, 0.6) is 0 Å². The third-order valence-corrected chi connectivity index (χ3v) is 3.37. The van der Waals surface area contributed by atoms with E-state index in [2.05, 4.69) is 15.3 Å². The highest BCUT2D eigenvalue weighted by Gasteiger charge is 2.18. The van der Waals surface area contributed by atoms with Crippen LogP contribution in [0, 0.1) is 0 Å². The van der Waals surface area contributed by atoms with E-state index in [-0.39, 0.29) is 0 Å². The minimum atomic E-state index is 0.474. The molecule has 14 heavy (non-hydrogen) atoms. The minimum Gasteiger partial charge on any atom is -0.381 e. The van der Waals surface area contributed by atoms with Crippen LogP contribution in [-0.4, -0.2) is 36.2 Å². The fourth-order valence-electron chi connectivity index (χ4n) is 1.85. The number of aromatic nitrogens is 1. The molecule has 1 aromatic heterocycles. The molecular formula is C10H16N2OS. The second-order valence-electron chi connectivity index (χ2n) is 3.69. The normalized spacial score (nSPS) is 20.1. The lowest BCUT2D eigenvalue weighted by molar-refractivity contribution is 0.0386. The lowest BCUT2D eigenvalue weighted by Gasteiger charge is -2.30. The van der Waals surface area contributed by atoms with Gasteiger partial charge in [-0.3, -0.25) is 4.90 Å². The molecule has 1 saturated heterocycles. The highest BCUT2D eigenvalue weighted by atomic mass is 32.1. The van der Waals surface area contributed by atoms with Gasteiger partial charge in [0.25, 0.3) is 0 Å². The molecule has 78 valence electrons. The molecular weight excluding hydrogens is 196 g/mol. The number of ether oxygens (including phenoxy) is 1.